The zero-order chi connectivity index (χ0) is 18.3. The molecular weight excluding hydrogens is 302 g/mol. The van der Waals surface area contributed by atoms with Crippen LogP contribution in [0.1, 0.15) is 51.3 Å². The maximum Gasteiger partial charge on any atom is 0.306 e. The van der Waals surface area contributed by atoms with Crippen LogP contribution in [0.4, 0.5) is 0 Å². The molecule has 0 amide bonds. The number of aromatic nitrogens is 1. The number of rotatable bonds is 8. The highest BCUT2D eigenvalue weighted by molar-refractivity contribution is 5.73. The first-order valence-corrected chi connectivity index (χ1v) is 8.23. The highest BCUT2D eigenvalue weighted by atomic mass is 16.5. The topological polar surface area (TPSA) is 48.4 Å². The Labute approximate surface area is 145 Å². The van der Waals surface area contributed by atoms with Crippen molar-refractivity contribution in [3.8, 4) is 5.88 Å². The standard InChI is InChI=1S/C20H29NO3/c1-8-16(9-2)20(12-14(3)4,13-19(22)24-7)17-10-11-18(23-6)21-15(17)5/h8,10-11H,3,9,12-13H2,1-2,4-7H3/b16-8+/t20-/m1/s1. The van der Waals surface area contributed by atoms with Crippen molar-refractivity contribution in [3.63, 3.8) is 0 Å². The molecule has 1 atom stereocenters. The van der Waals surface area contributed by atoms with E-state index in [1.54, 1.807) is 7.11 Å². The van der Waals surface area contributed by atoms with Gasteiger partial charge >= 0.3 is 5.97 Å². The summed E-state index contributed by atoms with van der Waals surface area (Å²) in [7, 11) is 3.02. The third-order valence-corrected chi connectivity index (χ3v) is 4.41. The number of hydrogen-bond donors (Lipinski definition) is 0. The Bertz CT molecular complexity index is 634. The lowest BCUT2D eigenvalue weighted by Crippen LogP contribution is -2.34. The lowest BCUT2D eigenvalue weighted by atomic mass is 9.66. The van der Waals surface area contributed by atoms with E-state index in [4.69, 9.17) is 9.47 Å². The van der Waals surface area contributed by atoms with Gasteiger partial charge in [-0.3, -0.25) is 4.79 Å². The first-order chi connectivity index (χ1) is 11.3. The Morgan fingerprint density at radius 3 is 2.42 bits per heavy atom. The fourth-order valence-electron chi connectivity index (χ4n) is 3.46. The first-order valence-electron chi connectivity index (χ1n) is 8.23. The number of aryl methyl sites for hydroxylation is 1. The van der Waals surface area contributed by atoms with Crippen LogP contribution < -0.4 is 4.74 Å². The third-order valence-electron chi connectivity index (χ3n) is 4.41. The fourth-order valence-corrected chi connectivity index (χ4v) is 3.46. The van der Waals surface area contributed by atoms with Crippen molar-refractivity contribution in [1.82, 2.24) is 4.98 Å². The fraction of sp³-hybridized carbons (Fsp3) is 0.500. The molecule has 0 saturated carbocycles. The molecule has 1 aromatic heterocycles. The van der Waals surface area contributed by atoms with Crippen molar-refractivity contribution in [3.05, 3.63) is 47.2 Å². The monoisotopic (exact) mass is 331 g/mol. The average molecular weight is 331 g/mol. The molecule has 4 nitrogen and oxygen atoms in total. The van der Waals surface area contributed by atoms with Crippen LogP contribution in [-0.2, 0) is 14.9 Å². The van der Waals surface area contributed by atoms with Crippen LogP contribution in [0.25, 0.3) is 0 Å². The number of carbonyl (C=O) groups excluding carboxylic acids is 1. The molecule has 0 fully saturated rings. The Hall–Kier alpha value is -2.10. The van der Waals surface area contributed by atoms with E-state index >= 15 is 0 Å². The molecule has 0 aromatic carbocycles. The molecule has 0 spiro atoms. The molecule has 0 aliphatic rings. The summed E-state index contributed by atoms with van der Waals surface area (Å²) in [6.07, 6.45) is 3.87. The Morgan fingerprint density at radius 2 is 2.00 bits per heavy atom. The second-order valence-electron chi connectivity index (χ2n) is 6.12. The van der Waals surface area contributed by atoms with Gasteiger partial charge < -0.3 is 9.47 Å². The molecule has 24 heavy (non-hydrogen) atoms. The maximum absolute atomic E-state index is 12.2. The number of carbonyl (C=O) groups is 1. The molecule has 1 heterocycles. The molecule has 0 N–H and O–H groups in total. The van der Waals surface area contributed by atoms with Gasteiger partial charge in [0.2, 0.25) is 5.88 Å². The van der Waals surface area contributed by atoms with E-state index in [0.29, 0.717) is 12.3 Å². The van der Waals surface area contributed by atoms with E-state index < -0.39 is 5.41 Å². The summed E-state index contributed by atoms with van der Waals surface area (Å²) in [6, 6.07) is 3.85. The van der Waals surface area contributed by atoms with Crippen molar-refractivity contribution in [2.24, 2.45) is 0 Å². The summed E-state index contributed by atoms with van der Waals surface area (Å²) in [6.45, 7) is 12.1. The Balaban J connectivity index is 3.65. The van der Waals surface area contributed by atoms with Gasteiger partial charge in [0.25, 0.3) is 0 Å². The number of ether oxygens (including phenoxy) is 2. The minimum absolute atomic E-state index is 0.237. The number of esters is 1. The minimum atomic E-state index is -0.494. The van der Waals surface area contributed by atoms with Gasteiger partial charge in [-0.2, -0.15) is 0 Å². The average Bonchev–Trinajstić information content (AvgIpc) is 2.54. The largest absolute Gasteiger partial charge is 0.481 e. The van der Waals surface area contributed by atoms with Gasteiger partial charge in [-0.1, -0.05) is 30.2 Å². The molecule has 4 heteroatoms. The van der Waals surface area contributed by atoms with Gasteiger partial charge in [0.15, 0.2) is 0 Å². The number of pyridine rings is 1. The quantitative estimate of drug-likeness (QED) is 0.519. The van der Waals surface area contributed by atoms with E-state index in [9.17, 15) is 4.79 Å². The van der Waals surface area contributed by atoms with Gasteiger partial charge in [0, 0.05) is 17.2 Å². The Kier molecular flexibility index (Phi) is 7.20. The van der Waals surface area contributed by atoms with Crippen LogP contribution in [0, 0.1) is 6.92 Å². The predicted molar refractivity (Wildman–Crippen MR) is 97.3 cm³/mol. The first kappa shape index (κ1) is 19.9. The van der Waals surface area contributed by atoms with Crippen molar-refractivity contribution < 1.29 is 14.3 Å². The number of allylic oxidation sites excluding steroid dienone is 3. The van der Waals surface area contributed by atoms with E-state index in [1.165, 1.54) is 12.7 Å². The molecule has 0 radical (unpaired) electrons. The van der Waals surface area contributed by atoms with Crippen molar-refractivity contribution in [2.45, 2.75) is 52.4 Å². The molecule has 0 aliphatic heterocycles. The van der Waals surface area contributed by atoms with E-state index in [2.05, 4.69) is 24.6 Å². The second kappa shape index (κ2) is 8.67. The van der Waals surface area contributed by atoms with Crippen LogP contribution in [0.15, 0.2) is 35.9 Å². The van der Waals surface area contributed by atoms with Gasteiger partial charge in [-0.25, -0.2) is 4.98 Å². The molecule has 0 aliphatic carbocycles. The lowest BCUT2D eigenvalue weighted by Gasteiger charge is -2.37. The summed E-state index contributed by atoms with van der Waals surface area (Å²) in [5.74, 6) is 0.330. The maximum atomic E-state index is 12.2. The predicted octanol–water partition coefficient (Wildman–Crippen LogP) is 4.52. The second-order valence-corrected chi connectivity index (χ2v) is 6.12. The van der Waals surface area contributed by atoms with Crippen molar-refractivity contribution in [2.75, 3.05) is 14.2 Å². The van der Waals surface area contributed by atoms with E-state index in [1.807, 2.05) is 32.9 Å². The SMILES string of the molecule is C=C(C)C[C@@](CC(=O)OC)(/C(=C/C)CC)c1ccc(OC)nc1C. The van der Waals surface area contributed by atoms with Gasteiger partial charge in [0.1, 0.15) is 0 Å². The number of nitrogens with zero attached hydrogens (tertiary/aromatic N) is 1. The van der Waals surface area contributed by atoms with Crippen LogP contribution in [-0.4, -0.2) is 25.2 Å². The molecule has 1 aromatic rings. The summed E-state index contributed by atoms with van der Waals surface area (Å²) in [5, 5.41) is 0. The summed E-state index contributed by atoms with van der Waals surface area (Å²) in [5.41, 5.74) is 3.58. The summed E-state index contributed by atoms with van der Waals surface area (Å²) >= 11 is 0. The van der Waals surface area contributed by atoms with Crippen LogP contribution in [0.3, 0.4) is 0 Å². The van der Waals surface area contributed by atoms with Gasteiger partial charge in [-0.05, 0) is 39.2 Å². The molecule has 0 bridgehead atoms. The van der Waals surface area contributed by atoms with Crippen LogP contribution >= 0.6 is 0 Å². The Morgan fingerprint density at radius 1 is 1.33 bits per heavy atom. The van der Waals surface area contributed by atoms with E-state index in [-0.39, 0.29) is 12.4 Å². The van der Waals surface area contributed by atoms with Gasteiger partial charge in [-0.15, -0.1) is 6.58 Å². The molecular formula is C20H29NO3. The molecule has 1 rings (SSSR count). The lowest BCUT2D eigenvalue weighted by molar-refractivity contribution is -0.141. The minimum Gasteiger partial charge on any atom is -0.481 e. The summed E-state index contributed by atoms with van der Waals surface area (Å²) in [4.78, 5) is 16.7. The normalized spacial score (nSPS) is 14.0. The smallest absolute Gasteiger partial charge is 0.306 e. The third kappa shape index (κ3) is 4.25. The molecule has 132 valence electrons. The van der Waals surface area contributed by atoms with Crippen molar-refractivity contribution >= 4 is 5.97 Å². The number of methoxy groups -OCH3 is 2. The van der Waals surface area contributed by atoms with Crippen LogP contribution in [0.5, 0.6) is 5.88 Å². The summed E-state index contributed by atoms with van der Waals surface area (Å²) < 4.78 is 10.2. The van der Waals surface area contributed by atoms with Crippen molar-refractivity contribution in [1.29, 1.82) is 0 Å². The molecule has 0 saturated heterocycles. The zero-order valence-electron chi connectivity index (χ0n) is 15.7. The van der Waals surface area contributed by atoms with Crippen LogP contribution in [0.2, 0.25) is 0 Å². The highest BCUT2D eigenvalue weighted by Gasteiger charge is 2.39. The van der Waals surface area contributed by atoms with Gasteiger partial charge in [0.05, 0.1) is 20.6 Å². The van der Waals surface area contributed by atoms with E-state index in [0.717, 1.165) is 23.3 Å². The number of hydrogen-bond acceptors (Lipinski definition) is 4. The highest BCUT2D eigenvalue weighted by Crippen LogP contribution is 2.44. The zero-order valence-corrected chi connectivity index (χ0v) is 15.7. The molecule has 0 unspecified atom stereocenters.